The van der Waals surface area contributed by atoms with Gasteiger partial charge in [0.05, 0.1) is 16.2 Å². The topological polar surface area (TPSA) is 79.0 Å². The first-order valence-electron chi connectivity index (χ1n) is 6.24. The number of hydrogen-bond donors (Lipinski definition) is 1. The lowest BCUT2D eigenvalue weighted by Crippen LogP contribution is -1.96. The maximum Gasteiger partial charge on any atom is 0.271 e. The zero-order valence-corrected chi connectivity index (χ0v) is 11.8. The summed E-state index contributed by atoms with van der Waals surface area (Å²) in [5, 5.41) is 22.9. The second-order valence-electron chi connectivity index (χ2n) is 4.36. The van der Waals surface area contributed by atoms with Crippen molar-refractivity contribution in [3.63, 3.8) is 0 Å². The van der Waals surface area contributed by atoms with E-state index >= 15 is 0 Å². The SMILES string of the molecule is N#Cc1ccc([N+](=O)[O-])cc1Nc1ccc(CCCl)cc1. The van der Waals surface area contributed by atoms with Gasteiger partial charge in [0.15, 0.2) is 0 Å². The van der Waals surface area contributed by atoms with E-state index in [-0.39, 0.29) is 5.69 Å². The van der Waals surface area contributed by atoms with Crippen LogP contribution in [-0.4, -0.2) is 10.8 Å². The quantitative estimate of drug-likeness (QED) is 0.514. The first kappa shape index (κ1) is 14.8. The minimum absolute atomic E-state index is 0.0599. The van der Waals surface area contributed by atoms with Gasteiger partial charge in [0.1, 0.15) is 6.07 Å². The number of nitro groups is 1. The van der Waals surface area contributed by atoms with Gasteiger partial charge >= 0.3 is 0 Å². The Bertz CT molecular complexity index is 693. The number of halogens is 1. The number of nitrogens with zero attached hydrogens (tertiary/aromatic N) is 2. The van der Waals surface area contributed by atoms with Gasteiger partial charge in [0.25, 0.3) is 5.69 Å². The van der Waals surface area contributed by atoms with Crippen LogP contribution in [0.15, 0.2) is 42.5 Å². The fraction of sp³-hybridized carbons (Fsp3) is 0.133. The molecule has 0 aliphatic rings. The Kier molecular flexibility index (Phi) is 4.75. The van der Waals surface area contributed by atoms with Crippen LogP contribution in [0, 0.1) is 21.4 Å². The molecule has 1 N–H and O–H groups in total. The normalized spacial score (nSPS) is 9.90. The maximum absolute atomic E-state index is 10.8. The molecule has 0 radical (unpaired) electrons. The van der Waals surface area contributed by atoms with Gasteiger partial charge < -0.3 is 5.32 Å². The molecule has 21 heavy (non-hydrogen) atoms. The standard InChI is InChI=1S/C15H12ClN3O2/c16-8-7-11-1-4-13(5-2-11)18-15-9-14(19(20)21)6-3-12(15)10-17/h1-6,9,18H,7-8H2. The van der Waals surface area contributed by atoms with Crippen LogP contribution >= 0.6 is 11.6 Å². The van der Waals surface area contributed by atoms with E-state index in [9.17, 15) is 10.1 Å². The monoisotopic (exact) mass is 301 g/mol. The van der Waals surface area contributed by atoms with Crippen LogP contribution in [-0.2, 0) is 6.42 Å². The average molecular weight is 302 g/mol. The van der Waals surface area contributed by atoms with Gasteiger partial charge in [-0.2, -0.15) is 5.26 Å². The number of nitriles is 1. The van der Waals surface area contributed by atoms with Crippen molar-refractivity contribution in [2.24, 2.45) is 0 Å². The third-order valence-corrected chi connectivity index (χ3v) is 3.14. The Balaban J connectivity index is 2.27. The van der Waals surface area contributed by atoms with E-state index in [1.165, 1.54) is 18.2 Å². The smallest absolute Gasteiger partial charge is 0.271 e. The van der Waals surface area contributed by atoms with Gasteiger partial charge in [0.2, 0.25) is 0 Å². The van der Waals surface area contributed by atoms with Gasteiger partial charge in [0, 0.05) is 23.7 Å². The van der Waals surface area contributed by atoms with Gasteiger partial charge in [-0.05, 0) is 30.2 Å². The molecule has 0 spiro atoms. The summed E-state index contributed by atoms with van der Waals surface area (Å²) in [4.78, 5) is 10.3. The molecule has 2 aromatic rings. The molecule has 6 heteroatoms. The molecule has 0 saturated carbocycles. The molecule has 2 rings (SSSR count). The molecule has 0 saturated heterocycles. The van der Waals surface area contributed by atoms with E-state index < -0.39 is 4.92 Å². The molecule has 0 bridgehead atoms. The summed E-state index contributed by atoms with van der Waals surface area (Å²) in [6.45, 7) is 0. The van der Waals surface area contributed by atoms with Crippen molar-refractivity contribution in [1.82, 2.24) is 0 Å². The fourth-order valence-corrected chi connectivity index (χ4v) is 2.08. The Morgan fingerprint density at radius 2 is 1.95 bits per heavy atom. The first-order chi connectivity index (χ1) is 10.1. The summed E-state index contributed by atoms with van der Waals surface area (Å²) in [5.41, 5.74) is 2.57. The van der Waals surface area contributed by atoms with Crippen LogP contribution < -0.4 is 5.32 Å². The van der Waals surface area contributed by atoms with E-state index in [1.54, 1.807) is 0 Å². The zero-order valence-electron chi connectivity index (χ0n) is 11.0. The lowest BCUT2D eigenvalue weighted by molar-refractivity contribution is -0.384. The van der Waals surface area contributed by atoms with Crippen LogP contribution in [0.2, 0.25) is 0 Å². The highest BCUT2D eigenvalue weighted by Crippen LogP contribution is 2.25. The minimum Gasteiger partial charge on any atom is -0.354 e. The summed E-state index contributed by atoms with van der Waals surface area (Å²) in [7, 11) is 0. The number of alkyl halides is 1. The van der Waals surface area contributed by atoms with E-state index in [4.69, 9.17) is 16.9 Å². The van der Waals surface area contributed by atoms with Crippen LogP contribution in [0.5, 0.6) is 0 Å². The largest absolute Gasteiger partial charge is 0.354 e. The Hall–Kier alpha value is -2.58. The summed E-state index contributed by atoms with van der Waals surface area (Å²) in [5.74, 6) is 0.552. The minimum atomic E-state index is -0.490. The highest BCUT2D eigenvalue weighted by atomic mass is 35.5. The van der Waals surface area contributed by atoms with Gasteiger partial charge in [-0.3, -0.25) is 10.1 Å². The van der Waals surface area contributed by atoms with E-state index in [2.05, 4.69) is 5.32 Å². The van der Waals surface area contributed by atoms with Crippen molar-refractivity contribution < 1.29 is 4.92 Å². The molecular formula is C15H12ClN3O2. The van der Waals surface area contributed by atoms with Gasteiger partial charge in [-0.15, -0.1) is 11.6 Å². The molecule has 106 valence electrons. The van der Waals surface area contributed by atoms with Crippen molar-refractivity contribution in [2.45, 2.75) is 6.42 Å². The molecule has 5 nitrogen and oxygen atoms in total. The van der Waals surface area contributed by atoms with Crippen molar-refractivity contribution in [2.75, 3.05) is 11.2 Å². The summed E-state index contributed by atoms with van der Waals surface area (Å²) in [6, 6.07) is 13.7. The molecule has 0 aromatic heterocycles. The lowest BCUT2D eigenvalue weighted by Gasteiger charge is -2.09. The van der Waals surface area contributed by atoms with Crippen LogP contribution in [0.1, 0.15) is 11.1 Å². The number of hydrogen-bond acceptors (Lipinski definition) is 4. The predicted molar refractivity (Wildman–Crippen MR) is 82.0 cm³/mol. The molecule has 2 aromatic carbocycles. The number of rotatable bonds is 5. The van der Waals surface area contributed by atoms with E-state index in [1.807, 2.05) is 30.3 Å². The molecule has 0 unspecified atom stereocenters. The number of nitrogens with one attached hydrogen (secondary N) is 1. The molecule has 0 aliphatic heterocycles. The second kappa shape index (κ2) is 6.73. The lowest BCUT2D eigenvalue weighted by atomic mass is 10.1. The van der Waals surface area contributed by atoms with Gasteiger partial charge in [-0.1, -0.05) is 12.1 Å². The maximum atomic E-state index is 10.8. The summed E-state index contributed by atoms with van der Waals surface area (Å²) < 4.78 is 0. The third kappa shape index (κ3) is 3.71. The Morgan fingerprint density at radius 3 is 2.52 bits per heavy atom. The van der Waals surface area contributed by atoms with Crippen LogP contribution in [0.25, 0.3) is 0 Å². The van der Waals surface area contributed by atoms with Crippen molar-refractivity contribution in [3.05, 3.63) is 63.7 Å². The van der Waals surface area contributed by atoms with Crippen molar-refractivity contribution in [1.29, 1.82) is 5.26 Å². The van der Waals surface area contributed by atoms with Crippen molar-refractivity contribution in [3.8, 4) is 6.07 Å². The molecule has 0 amide bonds. The van der Waals surface area contributed by atoms with Gasteiger partial charge in [-0.25, -0.2) is 0 Å². The first-order valence-corrected chi connectivity index (χ1v) is 6.78. The molecule has 0 aliphatic carbocycles. The third-order valence-electron chi connectivity index (χ3n) is 2.95. The number of benzene rings is 2. The van der Waals surface area contributed by atoms with E-state index in [0.717, 1.165) is 17.7 Å². The van der Waals surface area contributed by atoms with Crippen LogP contribution in [0.4, 0.5) is 17.1 Å². The predicted octanol–water partition coefficient (Wildman–Crippen LogP) is 3.99. The van der Waals surface area contributed by atoms with E-state index in [0.29, 0.717) is 17.1 Å². The Labute approximate surface area is 126 Å². The highest BCUT2D eigenvalue weighted by Gasteiger charge is 2.10. The molecule has 0 atom stereocenters. The fourth-order valence-electron chi connectivity index (χ4n) is 1.87. The van der Waals surface area contributed by atoms with Crippen LogP contribution in [0.3, 0.4) is 0 Å². The second-order valence-corrected chi connectivity index (χ2v) is 4.74. The number of anilines is 2. The molecule has 0 heterocycles. The summed E-state index contributed by atoms with van der Waals surface area (Å²) >= 11 is 5.68. The van der Waals surface area contributed by atoms with Crippen molar-refractivity contribution >= 4 is 28.7 Å². The number of aryl methyl sites for hydroxylation is 1. The molecule has 0 fully saturated rings. The Morgan fingerprint density at radius 1 is 1.24 bits per heavy atom. The summed E-state index contributed by atoms with van der Waals surface area (Å²) in [6.07, 6.45) is 0.780. The average Bonchev–Trinajstić information content (AvgIpc) is 2.49. The zero-order chi connectivity index (χ0) is 15.2. The number of nitro benzene ring substituents is 1. The number of non-ortho nitro benzene ring substituents is 1. The molecular weight excluding hydrogens is 290 g/mol. The highest BCUT2D eigenvalue weighted by molar-refractivity contribution is 6.17.